The van der Waals surface area contributed by atoms with Crippen LogP contribution in [-0.4, -0.2) is 87.6 Å². The van der Waals surface area contributed by atoms with Crippen LogP contribution in [0.25, 0.3) is 10.9 Å². The van der Waals surface area contributed by atoms with Crippen LogP contribution in [0.5, 0.6) is 5.75 Å². The number of likely N-dealkylation sites (N-methyl/N-ethyl adjacent to an activating group) is 1. The largest absolute Gasteiger partial charge is 0.479 e. The van der Waals surface area contributed by atoms with Crippen LogP contribution in [0.3, 0.4) is 0 Å². The minimum Gasteiger partial charge on any atom is -0.479 e. The fraction of sp³-hybridized carbons (Fsp3) is 0.500. The van der Waals surface area contributed by atoms with Crippen molar-refractivity contribution in [3.63, 3.8) is 0 Å². The first-order valence-corrected chi connectivity index (χ1v) is 8.62. The molecule has 0 saturated carbocycles. The fourth-order valence-electron chi connectivity index (χ4n) is 3.13. The Morgan fingerprint density at radius 1 is 1.22 bits per heavy atom. The Labute approximate surface area is 155 Å². The second kappa shape index (κ2) is 7.83. The zero-order valence-electron chi connectivity index (χ0n) is 15.1. The zero-order valence-corrected chi connectivity index (χ0v) is 15.1. The molecule has 0 aliphatic carbocycles. The summed E-state index contributed by atoms with van der Waals surface area (Å²) in [7, 11) is 3.94. The van der Waals surface area contributed by atoms with E-state index in [1.807, 2.05) is 31.3 Å². The molecule has 1 fully saturated rings. The third-order valence-electron chi connectivity index (χ3n) is 4.63. The number of hydrogen-bond acceptors (Lipinski definition) is 7. The standard InChI is InChI=1S/C18H24N2O7/c1-20(2)7-6-9-8-19-10-4-3-5-11(12(9)10)26-18-15(23)13(21)14(22)16(27-18)17(24)25/h3-5,8,13-16,18-19,21-23H,6-7H2,1-2H3,(H,24,25)/t13-,14-,15+,16-,18?/m0/s1. The number of ether oxygens (including phenoxy) is 2. The summed E-state index contributed by atoms with van der Waals surface area (Å²) in [5, 5.41) is 39.9. The van der Waals surface area contributed by atoms with Gasteiger partial charge in [0.05, 0.1) is 0 Å². The molecule has 148 valence electrons. The molecule has 2 heterocycles. The topological polar surface area (TPSA) is 135 Å². The van der Waals surface area contributed by atoms with Crippen molar-refractivity contribution in [2.45, 2.75) is 37.1 Å². The van der Waals surface area contributed by atoms with Gasteiger partial charge in [-0.25, -0.2) is 4.79 Å². The number of rotatable bonds is 6. The van der Waals surface area contributed by atoms with E-state index >= 15 is 0 Å². The smallest absolute Gasteiger partial charge is 0.335 e. The summed E-state index contributed by atoms with van der Waals surface area (Å²) < 4.78 is 11.0. The van der Waals surface area contributed by atoms with E-state index in [0.717, 1.165) is 29.4 Å². The average Bonchev–Trinajstić information content (AvgIpc) is 3.04. The molecule has 1 aromatic carbocycles. The van der Waals surface area contributed by atoms with Gasteiger partial charge in [-0.15, -0.1) is 0 Å². The van der Waals surface area contributed by atoms with Gasteiger partial charge in [-0.2, -0.15) is 0 Å². The van der Waals surface area contributed by atoms with Crippen molar-refractivity contribution in [2.24, 2.45) is 0 Å². The van der Waals surface area contributed by atoms with Crippen molar-refractivity contribution in [1.29, 1.82) is 0 Å². The molecule has 27 heavy (non-hydrogen) atoms. The molecule has 1 unspecified atom stereocenters. The Hall–Kier alpha value is -2.17. The minimum absolute atomic E-state index is 0.388. The molecule has 9 nitrogen and oxygen atoms in total. The summed E-state index contributed by atoms with van der Waals surface area (Å²) in [4.78, 5) is 16.5. The van der Waals surface area contributed by atoms with Crippen LogP contribution in [0.4, 0.5) is 0 Å². The highest BCUT2D eigenvalue weighted by molar-refractivity contribution is 5.89. The Morgan fingerprint density at radius 3 is 2.63 bits per heavy atom. The highest BCUT2D eigenvalue weighted by atomic mass is 16.7. The van der Waals surface area contributed by atoms with Crippen molar-refractivity contribution in [2.75, 3.05) is 20.6 Å². The van der Waals surface area contributed by atoms with E-state index in [-0.39, 0.29) is 0 Å². The lowest BCUT2D eigenvalue weighted by atomic mass is 9.99. The number of H-pyrrole nitrogens is 1. The molecule has 1 aliphatic rings. The number of aliphatic carboxylic acids is 1. The lowest BCUT2D eigenvalue weighted by molar-refractivity contribution is -0.270. The van der Waals surface area contributed by atoms with Crippen molar-refractivity contribution in [3.05, 3.63) is 30.0 Å². The Bertz CT molecular complexity index is 806. The number of hydrogen-bond donors (Lipinski definition) is 5. The molecular weight excluding hydrogens is 356 g/mol. The van der Waals surface area contributed by atoms with Gasteiger partial charge in [-0.1, -0.05) is 6.07 Å². The molecule has 2 aromatic rings. The number of nitrogens with one attached hydrogen (secondary N) is 1. The van der Waals surface area contributed by atoms with Gasteiger partial charge in [0.1, 0.15) is 24.1 Å². The van der Waals surface area contributed by atoms with Crippen LogP contribution in [0.2, 0.25) is 0 Å². The minimum atomic E-state index is -1.75. The lowest BCUT2D eigenvalue weighted by Gasteiger charge is -2.38. The second-order valence-corrected chi connectivity index (χ2v) is 6.90. The van der Waals surface area contributed by atoms with Crippen LogP contribution in [0, 0.1) is 0 Å². The third kappa shape index (κ3) is 3.92. The molecule has 1 aromatic heterocycles. The summed E-state index contributed by atoms with van der Waals surface area (Å²) >= 11 is 0. The number of carboxylic acids is 1. The Morgan fingerprint density at radius 2 is 1.96 bits per heavy atom. The van der Waals surface area contributed by atoms with E-state index < -0.39 is 36.7 Å². The first kappa shape index (κ1) is 19.6. The number of carbonyl (C=O) groups is 1. The summed E-state index contributed by atoms with van der Waals surface area (Å²) in [5.74, 6) is -1.06. The molecular formula is C18H24N2O7. The first-order valence-electron chi connectivity index (χ1n) is 8.62. The van der Waals surface area contributed by atoms with E-state index in [4.69, 9.17) is 14.6 Å². The number of carboxylic acid groups (broad SMARTS) is 1. The van der Waals surface area contributed by atoms with E-state index in [1.165, 1.54) is 0 Å². The van der Waals surface area contributed by atoms with Gasteiger partial charge in [0.2, 0.25) is 6.29 Å². The fourth-order valence-corrected chi connectivity index (χ4v) is 3.13. The molecule has 0 amide bonds. The lowest BCUT2D eigenvalue weighted by Crippen LogP contribution is -2.61. The molecule has 3 rings (SSSR count). The van der Waals surface area contributed by atoms with E-state index in [0.29, 0.717) is 5.75 Å². The van der Waals surface area contributed by atoms with Gasteiger partial charge in [-0.05, 0) is 38.2 Å². The molecule has 1 aliphatic heterocycles. The monoisotopic (exact) mass is 380 g/mol. The van der Waals surface area contributed by atoms with Crippen molar-refractivity contribution in [3.8, 4) is 5.75 Å². The highest BCUT2D eigenvalue weighted by Gasteiger charge is 2.48. The maximum atomic E-state index is 11.2. The number of benzene rings is 1. The molecule has 0 bridgehead atoms. The number of aromatic nitrogens is 1. The molecule has 5 N–H and O–H groups in total. The van der Waals surface area contributed by atoms with Crippen LogP contribution < -0.4 is 4.74 Å². The number of aromatic amines is 1. The van der Waals surface area contributed by atoms with E-state index in [9.17, 15) is 20.1 Å². The van der Waals surface area contributed by atoms with Gasteiger partial charge >= 0.3 is 5.97 Å². The molecule has 5 atom stereocenters. The van der Waals surface area contributed by atoms with Gasteiger partial charge in [0, 0.05) is 23.6 Å². The quantitative estimate of drug-likeness (QED) is 0.454. The van der Waals surface area contributed by atoms with Gasteiger partial charge in [0.25, 0.3) is 0 Å². The zero-order chi connectivity index (χ0) is 19.7. The predicted molar refractivity (Wildman–Crippen MR) is 95.5 cm³/mol. The van der Waals surface area contributed by atoms with Crippen LogP contribution in [-0.2, 0) is 16.0 Å². The van der Waals surface area contributed by atoms with Gasteiger partial charge in [0.15, 0.2) is 6.10 Å². The van der Waals surface area contributed by atoms with Crippen molar-refractivity contribution < 1.29 is 34.7 Å². The van der Waals surface area contributed by atoms with E-state index in [2.05, 4.69) is 4.98 Å². The number of fused-ring (bicyclic) bond motifs is 1. The SMILES string of the molecule is CN(C)CCc1c[nH]c2cccc(OC3O[C@H](C(=O)O)[C@@H](O)[C@H](O)[C@H]3O)c12. The average molecular weight is 380 g/mol. The van der Waals surface area contributed by atoms with E-state index in [1.54, 1.807) is 12.1 Å². The Kier molecular flexibility index (Phi) is 5.68. The first-order chi connectivity index (χ1) is 12.8. The van der Waals surface area contributed by atoms with Crippen LogP contribution in [0.15, 0.2) is 24.4 Å². The number of aliphatic hydroxyl groups excluding tert-OH is 3. The highest BCUT2D eigenvalue weighted by Crippen LogP contribution is 2.32. The molecule has 0 radical (unpaired) electrons. The summed E-state index contributed by atoms with van der Waals surface area (Å²) in [5.41, 5.74) is 1.82. The van der Waals surface area contributed by atoms with Crippen LogP contribution in [0.1, 0.15) is 5.56 Å². The second-order valence-electron chi connectivity index (χ2n) is 6.90. The maximum Gasteiger partial charge on any atom is 0.335 e. The molecule has 9 heteroatoms. The number of nitrogens with zero attached hydrogens (tertiary/aromatic N) is 1. The summed E-state index contributed by atoms with van der Waals surface area (Å²) in [6, 6.07) is 5.30. The van der Waals surface area contributed by atoms with Gasteiger partial charge in [-0.3, -0.25) is 0 Å². The number of aliphatic hydroxyl groups is 3. The summed E-state index contributed by atoms with van der Waals surface area (Å²) in [6.07, 6.45) is -5.58. The van der Waals surface area contributed by atoms with Gasteiger partial charge < -0.3 is 39.8 Å². The normalized spacial score (nSPS) is 28.6. The Balaban J connectivity index is 1.89. The molecule has 1 saturated heterocycles. The third-order valence-corrected chi connectivity index (χ3v) is 4.63. The van der Waals surface area contributed by atoms with Crippen LogP contribution >= 0.6 is 0 Å². The maximum absolute atomic E-state index is 11.2. The predicted octanol–water partition coefficient (Wildman–Crippen LogP) is -0.457. The van der Waals surface area contributed by atoms with Crippen molar-refractivity contribution in [1.82, 2.24) is 9.88 Å². The summed E-state index contributed by atoms with van der Waals surface area (Å²) in [6.45, 7) is 0.815. The molecule has 0 spiro atoms. The van der Waals surface area contributed by atoms with Crippen molar-refractivity contribution >= 4 is 16.9 Å².